The zero-order chi connectivity index (χ0) is 33.4. The fraction of sp³-hybridized carbons (Fsp3) is 0.829. The van der Waals surface area contributed by atoms with Gasteiger partial charge in [-0.2, -0.15) is 0 Å². The zero-order valence-electron chi connectivity index (χ0n) is 28.2. The van der Waals surface area contributed by atoms with E-state index in [1.165, 1.54) is 96.8 Å². The minimum absolute atomic E-state index is 0.0432. The average Bonchev–Trinajstić information content (AvgIpc) is 2.99. The van der Waals surface area contributed by atoms with Crippen LogP contribution in [-0.4, -0.2) is 72.9 Å². The zero-order valence-corrected chi connectivity index (χ0v) is 28.2. The largest absolute Gasteiger partial charge is 0.481 e. The van der Waals surface area contributed by atoms with Gasteiger partial charge in [0.05, 0.1) is 19.8 Å². The van der Waals surface area contributed by atoms with Gasteiger partial charge in [0.1, 0.15) is 12.6 Å². The molecule has 0 spiro atoms. The Labute approximate surface area is 272 Å². The van der Waals surface area contributed by atoms with E-state index in [1.807, 2.05) is 0 Å². The van der Waals surface area contributed by atoms with Crippen molar-refractivity contribution in [2.75, 3.05) is 33.0 Å². The SMILES string of the molecule is C=C(CCCCCCCCCCCCCCCCCCCCC(=O)O)N[C@@H](CCC(=O)NCCOCCOCC(C)=O)C(=O)O. The molecule has 0 aliphatic heterocycles. The van der Waals surface area contributed by atoms with Gasteiger partial charge in [0, 0.05) is 25.1 Å². The van der Waals surface area contributed by atoms with Gasteiger partial charge < -0.3 is 30.3 Å². The van der Waals surface area contributed by atoms with Crippen molar-refractivity contribution in [1.29, 1.82) is 0 Å². The highest BCUT2D eigenvalue weighted by atomic mass is 16.5. The van der Waals surface area contributed by atoms with Crippen LogP contribution in [0.2, 0.25) is 0 Å². The van der Waals surface area contributed by atoms with Gasteiger partial charge in [-0.25, -0.2) is 4.79 Å². The Kier molecular flexibility index (Phi) is 29.8. The number of carboxylic acids is 2. The fourth-order valence-corrected chi connectivity index (χ4v) is 5.08. The standard InChI is InChI=1S/C35H64N2O8/c1-30(37-32(35(42)43)23-24-33(39)36-25-26-44-27-28-45-29-31(2)38)21-19-17-15-13-11-9-7-5-3-4-6-8-10-12-14-16-18-20-22-34(40)41/h32,37H,1,3-29H2,2H3,(H,36,39)(H,40,41)(H,42,43)/t32-/m0/s1. The van der Waals surface area contributed by atoms with Crippen LogP contribution in [-0.2, 0) is 28.7 Å². The Morgan fingerprint density at radius 3 is 1.51 bits per heavy atom. The third kappa shape index (κ3) is 32.7. The number of carbonyl (C=O) groups is 4. The van der Waals surface area contributed by atoms with Gasteiger partial charge in [0.15, 0.2) is 5.78 Å². The number of carboxylic acid groups (broad SMARTS) is 2. The molecular weight excluding hydrogens is 576 g/mol. The van der Waals surface area contributed by atoms with E-state index in [0.717, 1.165) is 32.1 Å². The van der Waals surface area contributed by atoms with E-state index in [-0.39, 0.29) is 31.1 Å². The predicted molar refractivity (Wildman–Crippen MR) is 178 cm³/mol. The summed E-state index contributed by atoms with van der Waals surface area (Å²) >= 11 is 0. The molecule has 0 aromatic heterocycles. The summed E-state index contributed by atoms with van der Waals surface area (Å²) in [6, 6.07) is -0.842. The lowest BCUT2D eigenvalue weighted by atomic mass is 10.0. The van der Waals surface area contributed by atoms with Crippen molar-refractivity contribution in [3.63, 3.8) is 0 Å². The van der Waals surface area contributed by atoms with Gasteiger partial charge in [-0.05, 0) is 32.6 Å². The van der Waals surface area contributed by atoms with Crippen LogP contribution in [0.5, 0.6) is 0 Å². The number of hydrogen-bond donors (Lipinski definition) is 4. The quantitative estimate of drug-likeness (QED) is 0.0540. The van der Waals surface area contributed by atoms with Crippen molar-refractivity contribution >= 4 is 23.6 Å². The predicted octanol–water partition coefficient (Wildman–Crippen LogP) is 6.95. The Balaban J connectivity index is 3.58. The van der Waals surface area contributed by atoms with Crippen LogP contribution in [0.4, 0.5) is 0 Å². The molecule has 0 aliphatic carbocycles. The summed E-state index contributed by atoms with van der Waals surface area (Å²) < 4.78 is 10.4. The summed E-state index contributed by atoms with van der Waals surface area (Å²) in [5.41, 5.74) is 0.705. The van der Waals surface area contributed by atoms with E-state index in [2.05, 4.69) is 17.2 Å². The Morgan fingerprint density at radius 1 is 0.622 bits per heavy atom. The number of carbonyl (C=O) groups excluding carboxylic acids is 2. The summed E-state index contributed by atoms with van der Waals surface area (Å²) in [6.07, 6.45) is 23.2. The highest BCUT2D eigenvalue weighted by Crippen LogP contribution is 2.15. The minimum atomic E-state index is -0.990. The first kappa shape index (κ1) is 42.5. The molecule has 0 saturated heterocycles. The summed E-state index contributed by atoms with van der Waals surface area (Å²) in [6.45, 7) is 6.80. The van der Waals surface area contributed by atoms with E-state index < -0.39 is 18.0 Å². The highest BCUT2D eigenvalue weighted by molar-refractivity contribution is 5.78. The molecule has 45 heavy (non-hydrogen) atoms. The molecule has 0 aromatic rings. The first-order valence-electron chi connectivity index (χ1n) is 17.5. The lowest BCUT2D eigenvalue weighted by Gasteiger charge is -2.17. The third-order valence-electron chi connectivity index (χ3n) is 7.70. The van der Waals surface area contributed by atoms with E-state index >= 15 is 0 Å². The average molecular weight is 641 g/mol. The number of allylic oxidation sites excluding steroid dienone is 1. The molecule has 0 bridgehead atoms. The summed E-state index contributed by atoms with van der Waals surface area (Å²) in [5, 5.41) is 23.9. The number of unbranched alkanes of at least 4 members (excludes halogenated alkanes) is 17. The Hall–Kier alpha value is -2.46. The molecule has 0 radical (unpaired) electrons. The number of rotatable bonds is 35. The maximum absolute atomic E-state index is 12.1. The fourth-order valence-electron chi connectivity index (χ4n) is 5.08. The van der Waals surface area contributed by atoms with E-state index in [9.17, 15) is 24.3 Å². The van der Waals surface area contributed by atoms with Crippen LogP contribution < -0.4 is 10.6 Å². The molecule has 0 rings (SSSR count). The van der Waals surface area contributed by atoms with Crippen LogP contribution in [0, 0.1) is 0 Å². The van der Waals surface area contributed by atoms with E-state index in [1.54, 1.807) is 0 Å². The van der Waals surface area contributed by atoms with Gasteiger partial charge in [-0.15, -0.1) is 0 Å². The third-order valence-corrected chi connectivity index (χ3v) is 7.70. The maximum atomic E-state index is 12.1. The molecule has 0 aliphatic rings. The number of amides is 1. The molecule has 10 nitrogen and oxygen atoms in total. The molecule has 0 fully saturated rings. The van der Waals surface area contributed by atoms with Gasteiger partial charge in [0.2, 0.25) is 5.91 Å². The molecule has 1 atom stereocenters. The second kappa shape index (κ2) is 31.5. The number of Topliss-reactive ketones (excluding diaryl/α,β-unsaturated/α-hetero) is 1. The minimum Gasteiger partial charge on any atom is -0.481 e. The molecule has 1 amide bonds. The Morgan fingerprint density at radius 2 is 1.07 bits per heavy atom. The second-order valence-corrected chi connectivity index (χ2v) is 12.2. The van der Waals surface area contributed by atoms with Crippen molar-refractivity contribution in [3.05, 3.63) is 12.3 Å². The van der Waals surface area contributed by atoms with Crippen molar-refractivity contribution in [2.45, 2.75) is 154 Å². The molecule has 0 heterocycles. The normalized spacial score (nSPS) is 11.7. The summed E-state index contributed by atoms with van der Waals surface area (Å²) in [4.78, 5) is 45.0. The summed E-state index contributed by atoms with van der Waals surface area (Å²) in [7, 11) is 0. The molecule has 0 aromatic carbocycles. The molecule has 0 unspecified atom stereocenters. The molecule has 10 heteroatoms. The number of hydrogen-bond acceptors (Lipinski definition) is 7. The van der Waals surface area contributed by atoms with Gasteiger partial charge in [-0.1, -0.05) is 109 Å². The van der Waals surface area contributed by atoms with Crippen molar-refractivity contribution in [2.24, 2.45) is 0 Å². The number of ketones is 1. The van der Waals surface area contributed by atoms with Crippen molar-refractivity contribution in [3.8, 4) is 0 Å². The van der Waals surface area contributed by atoms with Gasteiger partial charge >= 0.3 is 11.9 Å². The smallest absolute Gasteiger partial charge is 0.326 e. The number of nitrogens with one attached hydrogen (secondary N) is 2. The number of aliphatic carboxylic acids is 2. The van der Waals surface area contributed by atoms with E-state index in [4.69, 9.17) is 14.6 Å². The second-order valence-electron chi connectivity index (χ2n) is 12.2. The topological polar surface area (TPSA) is 151 Å². The van der Waals surface area contributed by atoms with Crippen LogP contribution in [0.15, 0.2) is 12.3 Å². The first-order chi connectivity index (χ1) is 21.7. The number of ether oxygens (including phenoxy) is 2. The highest BCUT2D eigenvalue weighted by Gasteiger charge is 2.19. The van der Waals surface area contributed by atoms with Crippen molar-refractivity contribution in [1.82, 2.24) is 10.6 Å². The van der Waals surface area contributed by atoms with Crippen molar-refractivity contribution < 1.29 is 38.9 Å². The van der Waals surface area contributed by atoms with Crippen LogP contribution in [0.1, 0.15) is 148 Å². The molecular formula is C35H64N2O8. The monoisotopic (exact) mass is 640 g/mol. The lowest BCUT2D eigenvalue weighted by molar-refractivity contribution is -0.140. The molecule has 0 saturated carbocycles. The van der Waals surface area contributed by atoms with Crippen LogP contribution in [0.25, 0.3) is 0 Å². The Bertz CT molecular complexity index is 790. The lowest BCUT2D eigenvalue weighted by Crippen LogP contribution is -2.37. The first-order valence-corrected chi connectivity index (χ1v) is 17.5. The summed E-state index contributed by atoms with van der Waals surface area (Å²) in [5.74, 6) is -1.94. The van der Waals surface area contributed by atoms with Crippen LogP contribution >= 0.6 is 0 Å². The van der Waals surface area contributed by atoms with Gasteiger partial charge in [0.25, 0.3) is 0 Å². The maximum Gasteiger partial charge on any atom is 0.326 e. The molecule has 262 valence electrons. The molecule has 4 N–H and O–H groups in total. The van der Waals surface area contributed by atoms with Gasteiger partial charge in [-0.3, -0.25) is 14.4 Å². The van der Waals surface area contributed by atoms with E-state index in [0.29, 0.717) is 38.5 Å². The van der Waals surface area contributed by atoms with Crippen LogP contribution in [0.3, 0.4) is 0 Å².